The van der Waals surface area contributed by atoms with Gasteiger partial charge < -0.3 is 0 Å². The molecule has 0 aliphatic carbocycles. The number of nitrogens with one attached hydrogen (secondary N) is 1. The van der Waals surface area contributed by atoms with Crippen molar-refractivity contribution in [2.45, 2.75) is 11.4 Å². The second kappa shape index (κ2) is 5.03. The average molecular weight is 325 g/mol. The summed E-state index contributed by atoms with van der Waals surface area (Å²) in [6, 6.07) is 8.48. The minimum Gasteiger partial charge on any atom is -0.297 e. The highest BCUT2D eigenvalue weighted by Gasteiger charge is 2.36. The first-order valence-electron chi connectivity index (χ1n) is 5.76. The topological polar surface area (TPSA) is 42.7 Å². The molecule has 1 unspecified atom stereocenters. The average Bonchev–Trinajstić information content (AvgIpc) is 3.03. The van der Waals surface area contributed by atoms with E-state index in [0.29, 0.717) is 0 Å². The van der Waals surface area contributed by atoms with Crippen molar-refractivity contribution >= 4 is 27.7 Å². The molecule has 0 saturated carbocycles. The van der Waals surface area contributed by atoms with Crippen LogP contribution in [-0.4, -0.2) is 27.1 Å². The molecule has 6 heteroatoms. The highest BCUT2D eigenvalue weighted by molar-refractivity contribution is 9.10. The van der Waals surface area contributed by atoms with Crippen LogP contribution in [0.4, 0.5) is 0 Å². The van der Waals surface area contributed by atoms with Gasteiger partial charge in [0.1, 0.15) is 17.5 Å². The molecule has 0 bridgehead atoms. The van der Waals surface area contributed by atoms with Crippen molar-refractivity contribution in [1.29, 1.82) is 0 Å². The maximum atomic E-state index is 4.21. The Balaban J connectivity index is 1.93. The summed E-state index contributed by atoms with van der Waals surface area (Å²) in [5.74, 6) is 1.12. The van der Waals surface area contributed by atoms with Gasteiger partial charge in [0.2, 0.25) is 0 Å². The SMILES string of the molecule is Brc1ccc(C2(Cn3cncn3)NCCS2)cc1. The molecule has 0 amide bonds. The van der Waals surface area contributed by atoms with E-state index in [2.05, 4.69) is 55.6 Å². The number of aromatic nitrogens is 3. The highest BCUT2D eigenvalue weighted by atomic mass is 79.9. The van der Waals surface area contributed by atoms with Crippen LogP contribution in [0, 0.1) is 0 Å². The number of hydrogen-bond donors (Lipinski definition) is 1. The third kappa shape index (κ3) is 2.32. The lowest BCUT2D eigenvalue weighted by molar-refractivity contribution is 0.421. The number of thioether (sulfide) groups is 1. The predicted molar refractivity (Wildman–Crippen MR) is 76.3 cm³/mol. The van der Waals surface area contributed by atoms with Crippen molar-refractivity contribution in [2.24, 2.45) is 0 Å². The largest absolute Gasteiger partial charge is 0.297 e. The Morgan fingerprint density at radius 3 is 2.83 bits per heavy atom. The Morgan fingerprint density at radius 1 is 1.39 bits per heavy atom. The van der Waals surface area contributed by atoms with Gasteiger partial charge in [0, 0.05) is 16.8 Å². The first kappa shape index (κ1) is 12.2. The molecule has 1 aromatic heterocycles. The summed E-state index contributed by atoms with van der Waals surface area (Å²) >= 11 is 5.41. The molecular formula is C12H13BrN4S. The van der Waals surface area contributed by atoms with Crippen LogP contribution < -0.4 is 5.32 Å². The molecular weight excluding hydrogens is 312 g/mol. The van der Waals surface area contributed by atoms with Crippen LogP contribution in [0.2, 0.25) is 0 Å². The van der Waals surface area contributed by atoms with E-state index >= 15 is 0 Å². The fraction of sp³-hybridized carbons (Fsp3) is 0.333. The second-order valence-electron chi connectivity index (χ2n) is 4.20. The molecule has 2 aromatic rings. The van der Waals surface area contributed by atoms with Crippen LogP contribution in [0.5, 0.6) is 0 Å². The number of hydrogen-bond acceptors (Lipinski definition) is 4. The molecule has 0 radical (unpaired) electrons. The summed E-state index contributed by atoms with van der Waals surface area (Å²) in [6.07, 6.45) is 3.34. The first-order valence-corrected chi connectivity index (χ1v) is 7.54. The number of rotatable bonds is 3. The van der Waals surface area contributed by atoms with Crippen molar-refractivity contribution in [3.63, 3.8) is 0 Å². The minimum absolute atomic E-state index is 0.0889. The van der Waals surface area contributed by atoms with Gasteiger partial charge in [0.25, 0.3) is 0 Å². The standard InChI is InChI=1S/C12H13BrN4S/c13-11-3-1-10(2-4-11)12(15-5-6-18-12)7-17-9-14-8-16-17/h1-4,8-9,15H,5-7H2. The van der Waals surface area contributed by atoms with E-state index in [9.17, 15) is 0 Å². The molecule has 4 nitrogen and oxygen atoms in total. The van der Waals surface area contributed by atoms with E-state index in [1.807, 2.05) is 16.4 Å². The maximum absolute atomic E-state index is 4.21. The zero-order valence-electron chi connectivity index (χ0n) is 9.71. The van der Waals surface area contributed by atoms with E-state index in [-0.39, 0.29) is 4.87 Å². The molecule has 1 aliphatic rings. The van der Waals surface area contributed by atoms with Crippen molar-refractivity contribution in [3.05, 3.63) is 47.0 Å². The van der Waals surface area contributed by atoms with E-state index in [1.165, 1.54) is 5.56 Å². The fourth-order valence-corrected chi connectivity index (χ4v) is 3.72. The third-order valence-corrected chi connectivity index (χ3v) is 4.96. The quantitative estimate of drug-likeness (QED) is 0.940. The number of benzene rings is 1. The Bertz CT molecular complexity index is 505. The Labute approximate surface area is 118 Å². The molecule has 0 spiro atoms. The summed E-state index contributed by atoms with van der Waals surface area (Å²) < 4.78 is 2.98. The molecule has 94 valence electrons. The maximum Gasteiger partial charge on any atom is 0.137 e. The van der Waals surface area contributed by atoms with Crippen LogP contribution in [-0.2, 0) is 11.4 Å². The zero-order valence-corrected chi connectivity index (χ0v) is 12.1. The predicted octanol–water partition coefficient (Wildman–Crippen LogP) is 2.23. The van der Waals surface area contributed by atoms with Crippen molar-refractivity contribution < 1.29 is 0 Å². The Morgan fingerprint density at radius 2 is 2.22 bits per heavy atom. The Hall–Kier alpha value is -0.850. The van der Waals surface area contributed by atoms with Gasteiger partial charge in [-0.2, -0.15) is 5.10 Å². The number of halogens is 1. The lowest BCUT2D eigenvalue weighted by atomic mass is 10.1. The van der Waals surface area contributed by atoms with Gasteiger partial charge in [-0.25, -0.2) is 9.67 Å². The van der Waals surface area contributed by atoms with Gasteiger partial charge >= 0.3 is 0 Å². The van der Waals surface area contributed by atoms with E-state index in [4.69, 9.17) is 0 Å². The normalized spacial score (nSPS) is 23.4. The van der Waals surface area contributed by atoms with Crippen molar-refractivity contribution in [2.75, 3.05) is 12.3 Å². The van der Waals surface area contributed by atoms with Crippen molar-refractivity contribution in [3.8, 4) is 0 Å². The van der Waals surface area contributed by atoms with Crippen LogP contribution in [0.15, 0.2) is 41.4 Å². The molecule has 1 aromatic carbocycles. The van der Waals surface area contributed by atoms with Crippen LogP contribution >= 0.6 is 27.7 Å². The molecule has 1 fully saturated rings. The zero-order chi connectivity index (χ0) is 12.4. The van der Waals surface area contributed by atoms with E-state index in [1.54, 1.807) is 12.7 Å². The summed E-state index contributed by atoms with van der Waals surface area (Å²) in [5.41, 5.74) is 1.28. The molecule has 1 aliphatic heterocycles. The summed E-state index contributed by atoms with van der Waals surface area (Å²) in [5, 5.41) is 7.81. The summed E-state index contributed by atoms with van der Waals surface area (Å²) in [4.78, 5) is 3.92. The van der Waals surface area contributed by atoms with Crippen LogP contribution in [0.1, 0.15) is 5.56 Å². The molecule has 2 heterocycles. The first-order chi connectivity index (χ1) is 8.78. The van der Waals surface area contributed by atoms with E-state index in [0.717, 1.165) is 23.3 Å². The van der Waals surface area contributed by atoms with Gasteiger partial charge in [-0.15, -0.1) is 11.8 Å². The van der Waals surface area contributed by atoms with Crippen LogP contribution in [0.3, 0.4) is 0 Å². The summed E-state index contributed by atoms with van der Waals surface area (Å²) in [7, 11) is 0. The fourth-order valence-electron chi connectivity index (χ4n) is 2.17. The van der Waals surface area contributed by atoms with Gasteiger partial charge in [-0.3, -0.25) is 5.32 Å². The second-order valence-corrected chi connectivity index (χ2v) is 6.51. The molecule has 1 atom stereocenters. The van der Waals surface area contributed by atoms with Gasteiger partial charge in [0.15, 0.2) is 0 Å². The Kier molecular flexibility index (Phi) is 3.41. The lowest BCUT2D eigenvalue weighted by Crippen LogP contribution is -2.38. The van der Waals surface area contributed by atoms with Gasteiger partial charge in [-0.05, 0) is 17.7 Å². The number of nitrogens with zero attached hydrogens (tertiary/aromatic N) is 3. The van der Waals surface area contributed by atoms with Gasteiger partial charge in [0.05, 0.1) is 6.54 Å². The smallest absolute Gasteiger partial charge is 0.137 e. The summed E-state index contributed by atoms with van der Waals surface area (Å²) in [6.45, 7) is 1.81. The van der Waals surface area contributed by atoms with E-state index < -0.39 is 0 Å². The molecule has 18 heavy (non-hydrogen) atoms. The molecule has 1 N–H and O–H groups in total. The highest BCUT2D eigenvalue weighted by Crippen LogP contribution is 2.39. The van der Waals surface area contributed by atoms with Crippen molar-refractivity contribution in [1.82, 2.24) is 20.1 Å². The third-order valence-electron chi connectivity index (χ3n) is 3.02. The molecule has 1 saturated heterocycles. The monoisotopic (exact) mass is 324 g/mol. The van der Waals surface area contributed by atoms with Gasteiger partial charge in [-0.1, -0.05) is 28.1 Å². The minimum atomic E-state index is -0.0889. The lowest BCUT2D eigenvalue weighted by Gasteiger charge is -2.29. The molecule has 3 rings (SSSR count). The van der Waals surface area contributed by atoms with Crippen LogP contribution in [0.25, 0.3) is 0 Å².